The van der Waals surface area contributed by atoms with E-state index in [-0.39, 0.29) is 17.7 Å². The van der Waals surface area contributed by atoms with Crippen LogP contribution in [-0.4, -0.2) is 40.0 Å². The summed E-state index contributed by atoms with van der Waals surface area (Å²) in [5.41, 5.74) is 2.28. The number of aryl methyl sites for hydroxylation is 2. The third kappa shape index (κ3) is 9.12. The number of carbonyl (C=O) groups excluding carboxylic acids is 3. The van der Waals surface area contributed by atoms with Crippen molar-refractivity contribution in [3.05, 3.63) is 70.8 Å². The highest BCUT2D eigenvalue weighted by Crippen LogP contribution is 2.34. The lowest BCUT2D eigenvalue weighted by Crippen LogP contribution is -2.60. The Balaban J connectivity index is 2.60. The first-order valence-electron chi connectivity index (χ1n) is 13.8. The average Bonchev–Trinajstić information content (AvgIpc) is 2.82. The molecule has 2 N–H and O–H groups in total. The Morgan fingerprint density at radius 1 is 0.923 bits per heavy atom. The molecule has 0 bridgehead atoms. The van der Waals surface area contributed by atoms with Crippen molar-refractivity contribution in [1.82, 2.24) is 15.5 Å². The van der Waals surface area contributed by atoms with E-state index in [0.29, 0.717) is 13.0 Å². The van der Waals surface area contributed by atoms with E-state index < -0.39 is 29.3 Å². The van der Waals surface area contributed by atoms with Gasteiger partial charge >= 0.3 is 6.09 Å². The van der Waals surface area contributed by atoms with Crippen LogP contribution in [0.2, 0.25) is 0 Å². The van der Waals surface area contributed by atoms with Crippen LogP contribution in [0, 0.1) is 19.8 Å². The number of alkyl carbamates (subject to hydrolysis) is 1. The molecule has 0 heterocycles. The average molecular weight is 538 g/mol. The van der Waals surface area contributed by atoms with Crippen LogP contribution in [0.15, 0.2) is 48.5 Å². The van der Waals surface area contributed by atoms with E-state index in [1.54, 1.807) is 25.7 Å². The second-order valence-corrected chi connectivity index (χ2v) is 12.3. The van der Waals surface area contributed by atoms with Crippen LogP contribution in [0.25, 0.3) is 0 Å². The number of nitrogens with one attached hydrogen (secondary N) is 2. The van der Waals surface area contributed by atoms with Gasteiger partial charge in [-0.1, -0.05) is 80.4 Å². The van der Waals surface area contributed by atoms with E-state index in [0.717, 1.165) is 22.3 Å². The SMILES string of the molecule is CCC(C)(C)N(C(=O)C(NC(=O)OC(C)(C)C)C(C)C)C(C(=O)NCc1ccccc1)c1cc(C)cc(C)c1. The van der Waals surface area contributed by atoms with Crippen LogP contribution in [-0.2, 0) is 20.9 Å². The Bertz CT molecular complexity index is 1120. The van der Waals surface area contributed by atoms with Crippen molar-refractivity contribution in [1.29, 1.82) is 0 Å². The molecule has 0 aliphatic rings. The molecule has 0 fully saturated rings. The largest absolute Gasteiger partial charge is 0.444 e. The predicted octanol–water partition coefficient (Wildman–Crippen LogP) is 6.23. The van der Waals surface area contributed by atoms with Crippen molar-refractivity contribution in [2.24, 2.45) is 5.92 Å². The second-order valence-electron chi connectivity index (χ2n) is 12.3. The Hall–Kier alpha value is -3.35. The number of nitrogens with zero attached hydrogens (tertiary/aromatic N) is 1. The zero-order chi connectivity index (χ0) is 29.5. The molecule has 7 heteroatoms. The van der Waals surface area contributed by atoms with Gasteiger partial charge in [-0.25, -0.2) is 4.79 Å². The van der Waals surface area contributed by atoms with Gasteiger partial charge in [0.05, 0.1) is 0 Å². The zero-order valence-corrected chi connectivity index (χ0v) is 25.3. The van der Waals surface area contributed by atoms with E-state index in [1.807, 2.05) is 97.0 Å². The van der Waals surface area contributed by atoms with Crippen LogP contribution >= 0.6 is 0 Å². The molecular formula is C32H47N3O4. The van der Waals surface area contributed by atoms with Gasteiger partial charge in [0.15, 0.2) is 0 Å². The molecule has 0 saturated heterocycles. The molecule has 2 rings (SSSR count). The molecule has 3 amide bonds. The Labute approximate surface area is 234 Å². The van der Waals surface area contributed by atoms with Crippen LogP contribution < -0.4 is 10.6 Å². The first-order valence-corrected chi connectivity index (χ1v) is 13.8. The quantitative estimate of drug-likeness (QED) is 0.376. The van der Waals surface area contributed by atoms with E-state index in [2.05, 4.69) is 10.6 Å². The van der Waals surface area contributed by atoms with E-state index in [4.69, 9.17) is 4.74 Å². The number of carbonyl (C=O) groups is 3. The standard InChI is InChI=1S/C32H47N3O4/c1-11-32(9,10)35(29(37)26(21(2)3)34-30(38)39-31(6,7)8)27(25-18-22(4)17-23(5)19-25)28(36)33-20-24-15-13-12-14-16-24/h12-19,21,26-27H,11,20H2,1-10H3,(H,33,36)(H,34,38). The fraction of sp³-hybridized carbons (Fsp3) is 0.531. The maximum Gasteiger partial charge on any atom is 0.408 e. The molecule has 0 spiro atoms. The summed E-state index contributed by atoms with van der Waals surface area (Å²) in [5, 5.41) is 5.85. The number of ether oxygens (including phenoxy) is 1. The number of rotatable bonds is 10. The highest BCUT2D eigenvalue weighted by Gasteiger charge is 2.44. The molecule has 0 radical (unpaired) electrons. The fourth-order valence-electron chi connectivity index (χ4n) is 4.51. The van der Waals surface area contributed by atoms with E-state index in [1.165, 1.54) is 0 Å². The second kappa shape index (κ2) is 13.1. The number of amides is 3. The highest BCUT2D eigenvalue weighted by atomic mass is 16.6. The third-order valence-corrected chi connectivity index (χ3v) is 6.74. The summed E-state index contributed by atoms with van der Waals surface area (Å²) in [6.45, 7) is 19.3. The van der Waals surface area contributed by atoms with Gasteiger partial charge in [0.2, 0.25) is 11.8 Å². The molecule has 2 aromatic rings. The smallest absolute Gasteiger partial charge is 0.408 e. The Morgan fingerprint density at radius 3 is 1.97 bits per heavy atom. The van der Waals surface area contributed by atoms with Gasteiger partial charge in [0, 0.05) is 12.1 Å². The van der Waals surface area contributed by atoms with Crippen LogP contribution in [0.1, 0.15) is 90.1 Å². The molecule has 0 aliphatic heterocycles. The summed E-state index contributed by atoms with van der Waals surface area (Å²) in [4.78, 5) is 42.9. The lowest BCUT2D eigenvalue weighted by atomic mass is 9.89. The van der Waals surface area contributed by atoms with Crippen LogP contribution in [0.4, 0.5) is 4.79 Å². The number of benzene rings is 2. The molecule has 0 aliphatic carbocycles. The van der Waals surface area contributed by atoms with Crippen molar-refractivity contribution < 1.29 is 19.1 Å². The predicted molar refractivity (Wildman–Crippen MR) is 156 cm³/mol. The minimum atomic E-state index is -0.906. The first-order chi connectivity index (χ1) is 18.1. The summed E-state index contributed by atoms with van der Waals surface area (Å²) in [5.74, 6) is -0.854. The molecule has 2 atom stereocenters. The van der Waals surface area contributed by atoms with E-state index in [9.17, 15) is 14.4 Å². The zero-order valence-electron chi connectivity index (χ0n) is 25.3. The summed E-state index contributed by atoms with van der Waals surface area (Å²) in [6, 6.07) is 13.8. The van der Waals surface area contributed by atoms with Crippen molar-refractivity contribution in [3.63, 3.8) is 0 Å². The monoisotopic (exact) mass is 537 g/mol. The molecule has 2 unspecified atom stereocenters. The summed E-state index contributed by atoms with van der Waals surface area (Å²) < 4.78 is 5.47. The summed E-state index contributed by atoms with van der Waals surface area (Å²) in [7, 11) is 0. The molecule has 0 saturated carbocycles. The van der Waals surface area contributed by atoms with Crippen molar-refractivity contribution in [2.45, 2.75) is 105 Å². The topological polar surface area (TPSA) is 87.7 Å². The maximum absolute atomic E-state index is 14.4. The number of hydrogen-bond donors (Lipinski definition) is 2. The third-order valence-electron chi connectivity index (χ3n) is 6.74. The molecule has 2 aromatic carbocycles. The molecule has 214 valence electrons. The Kier molecular flexibility index (Phi) is 10.7. The minimum Gasteiger partial charge on any atom is -0.444 e. The number of hydrogen-bond acceptors (Lipinski definition) is 4. The van der Waals surface area contributed by atoms with Gasteiger partial charge in [-0.15, -0.1) is 0 Å². The van der Waals surface area contributed by atoms with Gasteiger partial charge in [0.1, 0.15) is 17.7 Å². The van der Waals surface area contributed by atoms with Gasteiger partial charge in [-0.05, 0) is 71.9 Å². The van der Waals surface area contributed by atoms with Gasteiger partial charge in [-0.3, -0.25) is 9.59 Å². The van der Waals surface area contributed by atoms with Gasteiger partial charge in [-0.2, -0.15) is 0 Å². The molecule has 39 heavy (non-hydrogen) atoms. The normalized spacial score (nSPS) is 13.4. The van der Waals surface area contributed by atoms with Crippen LogP contribution in [0.5, 0.6) is 0 Å². The van der Waals surface area contributed by atoms with Gasteiger partial charge < -0.3 is 20.3 Å². The minimum absolute atomic E-state index is 0.243. The lowest BCUT2D eigenvalue weighted by Gasteiger charge is -2.45. The van der Waals surface area contributed by atoms with Crippen molar-refractivity contribution in [2.75, 3.05) is 0 Å². The highest BCUT2D eigenvalue weighted by molar-refractivity contribution is 5.93. The lowest BCUT2D eigenvalue weighted by molar-refractivity contribution is -0.150. The van der Waals surface area contributed by atoms with Crippen molar-refractivity contribution in [3.8, 4) is 0 Å². The summed E-state index contributed by atoms with van der Waals surface area (Å²) in [6.07, 6.45) is -0.0660. The maximum atomic E-state index is 14.4. The molecular weight excluding hydrogens is 490 g/mol. The fourth-order valence-corrected chi connectivity index (χ4v) is 4.51. The van der Waals surface area contributed by atoms with Crippen molar-refractivity contribution >= 4 is 17.9 Å². The van der Waals surface area contributed by atoms with Gasteiger partial charge in [0.25, 0.3) is 0 Å². The molecule has 7 nitrogen and oxygen atoms in total. The van der Waals surface area contributed by atoms with Crippen LogP contribution in [0.3, 0.4) is 0 Å². The summed E-state index contributed by atoms with van der Waals surface area (Å²) >= 11 is 0. The van der Waals surface area contributed by atoms with E-state index >= 15 is 0 Å². The first kappa shape index (κ1) is 31.9. The Morgan fingerprint density at radius 2 is 1.49 bits per heavy atom. The molecule has 0 aromatic heterocycles.